The second-order valence-electron chi connectivity index (χ2n) is 6.86. The molecule has 0 aromatic carbocycles. The number of nitrogens with zero attached hydrogens (tertiary/aromatic N) is 2. The van der Waals surface area contributed by atoms with Crippen LogP contribution in [0.1, 0.15) is 44.9 Å². The highest BCUT2D eigenvalue weighted by molar-refractivity contribution is 5.79. The third-order valence-corrected chi connectivity index (χ3v) is 4.79. The minimum absolute atomic E-state index is 0.0398. The van der Waals surface area contributed by atoms with Crippen molar-refractivity contribution in [3.63, 3.8) is 0 Å². The Morgan fingerprint density at radius 2 is 1.91 bits per heavy atom. The molecule has 0 radical (unpaired) electrons. The van der Waals surface area contributed by atoms with Gasteiger partial charge < -0.3 is 19.9 Å². The molecule has 6 nitrogen and oxygen atoms in total. The van der Waals surface area contributed by atoms with Crippen LogP contribution in [0, 0.1) is 5.92 Å². The van der Waals surface area contributed by atoms with Gasteiger partial charge in [-0.1, -0.05) is 0 Å². The van der Waals surface area contributed by atoms with Crippen LogP contribution < -0.4 is 5.32 Å². The number of piperidine rings is 1. The summed E-state index contributed by atoms with van der Waals surface area (Å²) in [5, 5.41) is 3.05. The van der Waals surface area contributed by atoms with E-state index < -0.39 is 0 Å². The van der Waals surface area contributed by atoms with Crippen LogP contribution in [0.3, 0.4) is 0 Å². The lowest BCUT2D eigenvalue weighted by Crippen LogP contribution is -2.46. The molecule has 3 amide bonds. The van der Waals surface area contributed by atoms with Crippen molar-refractivity contribution in [1.82, 2.24) is 15.1 Å². The Morgan fingerprint density at radius 3 is 2.52 bits per heavy atom. The zero-order chi connectivity index (χ0) is 16.7. The molecule has 2 saturated heterocycles. The van der Waals surface area contributed by atoms with Crippen molar-refractivity contribution in [1.29, 1.82) is 0 Å². The molecule has 0 aliphatic carbocycles. The van der Waals surface area contributed by atoms with Crippen molar-refractivity contribution in [2.75, 3.05) is 40.3 Å². The van der Waals surface area contributed by atoms with Gasteiger partial charge in [-0.15, -0.1) is 0 Å². The molecule has 0 aromatic rings. The first-order valence-electron chi connectivity index (χ1n) is 8.93. The van der Waals surface area contributed by atoms with Gasteiger partial charge in [0.2, 0.25) is 5.91 Å². The lowest BCUT2D eigenvalue weighted by Gasteiger charge is -2.33. The van der Waals surface area contributed by atoms with E-state index in [0.29, 0.717) is 19.2 Å². The van der Waals surface area contributed by atoms with E-state index >= 15 is 0 Å². The standard InChI is InChI=1S/C17H31N3O3/c1-19(2)17(22)20-11-8-14(9-12-20)16(21)18-10-4-3-6-15-7-5-13-23-15/h14-15H,3-13H2,1-2H3,(H,18,21)/t15-/m0/s1. The lowest BCUT2D eigenvalue weighted by atomic mass is 9.96. The summed E-state index contributed by atoms with van der Waals surface area (Å²) in [6, 6.07) is 0.0398. The predicted molar refractivity (Wildman–Crippen MR) is 89.2 cm³/mol. The molecule has 23 heavy (non-hydrogen) atoms. The average Bonchev–Trinajstić information content (AvgIpc) is 3.07. The van der Waals surface area contributed by atoms with Gasteiger partial charge in [0.15, 0.2) is 0 Å². The summed E-state index contributed by atoms with van der Waals surface area (Å²) in [4.78, 5) is 27.5. The number of nitrogens with one attached hydrogen (secondary N) is 1. The fourth-order valence-corrected chi connectivity index (χ4v) is 3.34. The van der Waals surface area contributed by atoms with Gasteiger partial charge in [-0.25, -0.2) is 4.79 Å². The van der Waals surface area contributed by atoms with Gasteiger partial charge >= 0.3 is 6.03 Å². The second kappa shape index (κ2) is 9.11. The second-order valence-corrected chi connectivity index (χ2v) is 6.86. The Balaban J connectivity index is 1.55. The molecule has 2 heterocycles. The number of unbranched alkanes of at least 4 members (excludes halogenated alkanes) is 1. The van der Waals surface area contributed by atoms with E-state index in [0.717, 1.165) is 45.3 Å². The smallest absolute Gasteiger partial charge is 0.319 e. The molecule has 2 rings (SSSR count). The molecular formula is C17H31N3O3. The minimum atomic E-state index is 0.0398. The van der Waals surface area contributed by atoms with Crippen LogP contribution in [-0.4, -0.2) is 68.2 Å². The highest BCUT2D eigenvalue weighted by atomic mass is 16.5. The maximum atomic E-state index is 12.2. The quantitative estimate of drug-likeness (QED) is 0.758. The summed E-state index contributed by atoms with van der Waals surface area (Å²) < 4.78 is 5.60. The third kappa shape index (κ3) is 5.68. The van der Waals surface area contributed by atoms with Crippen molar-refractivity contribution < 1.29 is 14.3 Å². The van der Waals surface area contributed by atoms with Crippen LogP contribution in [0.2, 0.25) is 0 Å². The van der Waals surface area contributed by atoms with Gasteiger partial charge in [-0.05, 0) is 44.9 Å². The average molecular weight is 325 g/mol. The molecule has 0 saturated carbocycles. The van der Waals surface area contributed by atoms with E-state index in [1.807, 2.05) is 4.90 Å². The first-order valence-corrected chi connectivity index (χ1v) is 8.93. The van der Waals surface area contributed by atoms with Crippen LogP contribution in [0.25, 0.3) is 0 Å². The Hall–Kier alpha value is -1.30. The highest BCUT2D eigenvalue weighted by Gasteiger charge is 2.27. The van der Waals surface area contributed by atoms with Gasteiger partial charge in [-0.3, -0.25) is 4.79 Å². The maximum absolute atomic E-state index is 12.2. The van der Waals surface area contributed by atoms with Gasteiger partial charge in [0.1, 0.15) is 0 Å². The largest absolute Gasteiger partial charge is 0.378 e. The van der Waals surface area contributed by atoms with Crippen molar-refractivity contribution >= 4 is 11.9 Å². The zero-order valence-electron chi connectivity index (χ0n) is 14.6. The number of ether oxygens (including phenoxy) is 1. The van der Waals surface area contributed by atoms with Crippen LogP contribution >= 0.6 is 0 Å². The third-order valence-electron chi connectivity index (χ3n) is 4.79. The Kier molecular flexibility index (Phi) is 7.15. The molecule has 6 heteroatoms. The van der Waals surface area contributed by atoms with E-state index in [2.05, 4.69) is 5.32 Å². The number of hydrogen-bond acceptors (Lipinski definition) is 3. The Bertz CT molecular complexity index is 387. The van der Waals surface area contributed by atoms with E-state index in [1.54, 1.807) is 19.0 Å². The minimum Gasteiger partial charge on any atom is -0.378 e. The SMILES string of the molecule is CN(C)C(=O)N1CCC(C(=O)NCCCC[C@H]2CCCO2)CC1. The summed E-state index contributed by atoms with van der Waals surface area (Å²) in [5.41, 5.74) is 0. The first kappa shape index (κ1) is 18.0. The number of carbonyl (C=O) groups is 2. The highest BCUT2D eigenvalue weighted by Crippen LogP contribution is 2.19. The normalized spacial score (nSPS) is 22.2. The molecule has 2 aliphatic rings. The number of rotatable bonds is 6. The van der Waals surface area contributed by atoms with Gasteiger partial charge in [0.05, 0.1) is 6.10 Å². The van der Waals surface area contributed by atoms with E-state index in [-0.39, 0.29) is 17.9 Å². The topological polar surface area (TPSA) is 61.9 Å². The molecule has 2 fully saturated rings. The zero-order valence-corrected chi connectivity index (χ0v) is 14.6. The summed E-state index contributed by atoms with van der Waals surface area (Å²) in [5.74, 6) is 0.207. The van der Waals surface area contributed by atoms with E-state index in [1.165, 1.54) is 12.8 Å². The molecule has 0 bridgehead atoms. The van der Waals surface area contributed by atoms with E-state index in [4.69, 9.17) is 4.74 Å². The number of carbonyl (C=O) groups excluding carboxylic acids is 2. The summed E-state index contributed by atoms with van der Waals surface area (Å²) in [6.07, 6.45) is 7.60. The Labute approximate surface area is 139 Å². The predicted octanol–water partition coefficient (Wildman–Crippen LogP) is 1.85. The fraction of sp³-hybridized carbons (Fsp3) is 0.882. The summed E-state index contributed by atoms with van der Waals surface area (Å²) >= 11 is 0. The van der Waals surface area contributed by atoms with E-state index in [9.17, 15) is 9.59 Å². The fourth-order valence-electron chi connectivity index (χ4n) is 3.34. The number of amides is 3. The van der Waals surface area contributed by atoms with Crippen LogP contribution in [-0.2, 0) is 9.53 Å². The summed E-state index contributed by atoms with van der Waals surface area (Å²) in [6.45, 7) is 3.01. The van der Waals surface area contributed by atoms with Crippen molar-refractivity contribution in [3.8, 4) is 0 Å². The molecule has 0 aromatic heterocycles. The first-order chi connectivity index (χ1) is 11.1. The van der Waals surface area contributed by atoms with Crippen LogP contribution in [0.4, 0.5) is 4.79 Å². The van der Waals surface area contributed by atoms with Crippen molar-refractivity contribution in [2.45, 2.75) is 51.0 Å². The summed E-state index contributed by atoms with van der Waals surface area (Å²) in [7, 11) is 3.52. The van der Waals surface area contributed by atoms with Gasteiger partial charge in [0.25, 0.3) is 0 Å². The molecular weight excluding hydrogens is 294 g/mol. The molecule has 1 atom stereocenters. The lowest BCUT2D eigenvalue weighted by molar-refractivity contribution is -0.126. The Morgan fingerprint density at radius 1 is 1.17 bits per heavy atom. The molecule has 1 N–H and O–H groups in total. The monoisotopic (exact) mass is 325 g/mol. The van der Waals surface area contributed by atoms with Gasteiger partial charge in [-0.2, -0.15) is 0 Å². The van der Waals surface area contributed by atoms with Crippen molar-refractivity contribution in [3.05, 3.63) is 0 Å². The number of hydrogen-bond donors (Lipinski definition) is 1. The van der Waals surface area contributed by atoms with Crippen molar-refractivity contribution in [2.24, 2.45) is 5.92 Å². The maximum Gasteiger partial charge on any atom is 0.319 e. The van der Waals surface area contributed by atoms with Gasteiger partial charge in [0, 0.05) is 46.3 Å². The molecule has 0 spiro atoms. The molecule has 2 aliphatic heterocycles. The van der Waals surface area contributed by atoms with Crippen LogP contribution in [0.15, 0.2) is 0 Å². The van der Waals surface area contributed by atoms with Crippen LogP contribution in [0.5, 0.6) is 0 Å². The number of urea groups is 1. The molecule has 132 valence electrons. The molecule has 0 unspecified atom stereocenters. The number of likely N-dealkylation sites (tertiary alicyclic amines) is 1.